The minimum absolute atomic E-state index is 0.0935. The molecule has 1 N–H and O–H groups in total. The van der Waals surface area contributed by atoms with Gasteiger partial charge in [-0.15, -0.1) is 0 Å². The first kappa shape index (κ1) is 8.92. The number of rotatable bonds is 4. The summed E-state index contributed by atoms with van der Waals surface area (Å²) in [6, 6.07) is 0. The third kappa shape index (κ3) is 5.06. The fraction of sp³-hybridized carbons (Fsp3) is 0.667. The maximum absolute atomic E-state index is 10.5. The lowest BCUT2D eigenvalue weighted by Gasteiger charge is -1.97. The molecule has 0 bridgehead atoms. The van der Waals surface area contributed by atoms with Gasteiger partial charge in [0, 0.05) is 13.7 Å². The van der Waals surface area contributed by atoms with Gasteiger partial charge in [-0.25, -0.2) is 6.57 Å². The standard InChI is InChI=1S/C6H10N2O2/c1-7-5-6(9)8-3-4-10-2/h3-5H2,2H3,(H,8,9). The van der Waals surface area contributed by atoms with E-state index in [0.29, 0.717) is 13.2 Å². The van der Waals surface area contributed by atoms with Crippen LogP contribution in [0, 0.1) is 6.57 Å². The van der Waals surface area contributed by atoms with E-state index < -0.39 is 0 Å². The molecule has 0 atom stereocenters. The third-order valence-electron chi connectivity index (χ3n) is 0.851. The number of ether oxygens (including phenoxy) is 1. The highest BCUT2D eigenvalue weighted by atomic mass is 16.5. The van der Waals surface area contributed by atoms with Gasteiger partial charge in [0.15, 0.2) is 0 Å². The Morgan fingerprint density at radius 2 is 2.50 bits per heavy atom. The molecule has 4 heteroatoms. The van der Waals surface area contributed by atoms with E-state index in [4.69, 9.17) is 6.57 Å². The molecule has 0 rings (SSSR count). The first-order chi connectivity index (χ1) is 4.81. The summed E-state index contributed by atoms with van der Waals surface area (Å²) in [6.45, 7) is 7.22. The highest BCUT2D eigenvalue weighted by Crippen LogP contribution is 1.69. The van der Waals surface area contributed by atoms with Crippen LogP contribution in [0.3, 0.4) is 0 Å². The van der Waals surface area contributed by atoms with Crippen LogP contribution < -0.4 is 5.32 Å². The molecule has 56 valence electrons. The molecule has 0 spiro atoms. The van der Waals surface area contributed by atoms with Crippen LogP contribution in [-0.2, 0) is 9.53 Å². The Hall–Kier alpha value is -1.08. The molecular weight excluding hydrogens is 132 g/mol. The largest absolute Gasteiger partial charge is 0.383 e. The molecule has 10 heavy (non-hydrogen) atoms. The predicted molar refractivity (Wildman–Crippen MR) is 36.4 cm³/mol. The molecule has 4 nitrogen and oxygen atoms in total. The van der Waals surface area contributed by atoms with Crippen molar-refractivity contribution in [3.05, 3.63) is 11.4 Å². The second-order valence-corrected chi connectivity index (χ2v) is 1.66. The lowest BCUT2D eigenvalue weighted by molar-refractivity contribution is -0.119. The zero-order valence-electron chi connectivity index (χ0n) is 5.89. The van der Waals surface area contributed by atoms with Gasteiger partial charge >= 0.3 is 0 Å². The summed E-state index contributed by atoms with van der Waals surface area (Å²) >= 11 is 0. The van der Waals surface area contributed by atoms with E-state index in [1.807, 2.05) is 0 Å². The van der Waals surface area contributed by atoms with Crippen molar-refractivity contribution in [2.75, 3.05) is 26.8 Å². The van der Waals surface area contributed by atoms with Gasteiger partial charge in [0.05, 0.1) is 6.61 Å². The van der Waals surface area contributed by atoms with Crippen molar-refractivity contribution >= 4 is 5.91 Å². The molecule has 0 aromatic heterocycles. The molecule has 0 aliphatic heterocycles. The van der Waals surface area contributed by atoms with E-state index in [2.05, 4.69) is 14.9 Å². The highest BCUT2D eigenvalue weighted by molar-refractivity contribution is 5.79. The maximum atomic E-state index is 10.5. The summed E-state index contributed by atoms with van der Waals surface area (Å²) in [4.78, 5) is 13.4. The average Bonchev–Trinajstić information content (AvgIpc) is 1.89. The first-order valence-electron chi connectivity index (χ1n) is 2.90. The van der Waals surface area contributed by atoms with Crippen LogP contribution >= 0.6 is 0 Å². The zero-order chi connectivity index (χ0) is 7.82. The van der Waals surface area contributed by atoms with Gasteiger partial charge in [-0.2, -0.15) is 0 Å². The molecular formula is C6H10N2O2. The third-order valence-corrected chi connectivity index (χ3v) is 0.851. The van der Waals surface area contributed by atoms with Gasteiger partial charge in [0.25, 0.3) is 12.5 Å². The maximum Gasteiger partial charge on any atom is 0.300 e. The fourth-order valence-corrected chi connectivity index (χ4v) is 0.420. The Kier molecular flexibility index (Phi) is 5.39. The topological polar surface area (TPSA) is 42.7 Å². The first-order valence-corrected chi connectivity index (χ1v) is 2.90. The lowest BCUT2D eigenvalue weighted by Crippen LogP contribution is -2.28. The van der Waals surface area contributed by atoms with Gasteiger partial charge in [0.1, 0.15) is 0 Å². The van der Waals surface area contributed by atoms with E-state index in [-0.39, 0.29) is 12.5 Å². The minimum atomic E-state index is -0.243. The molecule has 1 amide bonds. The van der Waals surface area contributed by atoms with Crippen molar-refractivity contribution in [2.45, 2.75) is 0 Å². The normalized spacial score (nSPS) is 8.40. The number of carbonyl (C=O) groups excluding carboxylic acids is 1. The van der Waals surface area contributed by atoms with Gasteiger partial charge in [0.2, 0.25) is 0 Å². The number of nitrogens with one attached hydrogen (secondary N) is 1. The van der Waals surface area contributed by atoms with Crippen LogP contribution in [0.25, 0.3) is 4.85 Å². The lowest BCUT2D eigenvalue weighted by atomic mass is 10.5. The van der Waals surface area contributed by atoms with Crippen LogP contribution in [0.4, 0.5) is 0 Å². The Balaban J connectivity index is 3.15. The molecule has 0 radical (unpaired) electrons. The Morgan fingerprint density at radius 1 is 1.80 bits per heavy atom. The van der Waals surface area contributed by atoms with Crippen molar-refractivity contribution in [1.82, 2.24) is 5.32 Å². The van der Waals surface area contributed by atoms with E-state index in [1.54, 1.807) is 7.11 Å². The number of carbonyl (C=O) groups is 1. The Morgan fingerprint density at radius 3 is 3.00 bits per heavy atom. The summed E-state index contributed by atoms with van der Waals surface area (Å²) in [5.74, 6) is -0.243. The van der Waals surface area contributed by atoms with Gasteiger partial charge in [-0.05, 0) is 0 Å². The summed E-state index contributed by atoms with van der Waals surface area (Å²) < 4.78 is 4.68. The van der Waals surface area contributed by atoms with Crippen molar-refractivity contribution in [1.29, 1.82) is 0 Å². The van der Waals surface area contributed by atoms with Gasteiger partial charge in [-0.1, -0.05) is 0 Å². The quantitative estimate of drug-likeness (QED) is 0.431. The SMILES string of the molecule is [C-]#[N+]CC(=O)NCCOC. The van der Waals surface area contributed by atoms with E-state index >= 15 is 0 Å². The molecule has 0 fully saturated rings. The van der Waals surface area contributed by atoms with Crippen molar-refractivity contribution in [2.24, 2.45) is 0 Å². The number of methoxy groups -OCH3 is 1. The van der Waals surface area contributed by atoms with Crippen LogP contribution in [0.1, 0.15) is 0 Å². The molecule has 0 saturated carbocycles. The van der Waals surface area contributed by atoms with Gasteiger partial charge in [-0.3, -0.25) is 4.79 Å². The molecule has 0 aromatic carbocycles. The predicted octanol–water partition coefficient (Wildman–Crippen LogP) is -0.332. The smallest absolute Gasteiger partial charge is 0.300 e. The average molecular weight is 142 g/mol. The minimum Gasteiger partial charge on any atom is -0.383 e. The second kappa shape index (κ2) is 6.05. The van der Waals surface area contributed by atoms with Crippen molar-refractivity contribution in [3.63, 3.8) is 0 Å². The van der Waals surface area contributed by atoms with Gasteiger partial charge < -0.3 is 14.9 Å². The molecule has 0 aliphatic rings. The fourth-order valence-electron chi connectivity index (χ4n) is 0.420. The van der Waals surface area contributed by atoms with E-state index in [0.717, 1.165) is 0 Å². The van der Waals surface area contributed by atoms with Crippen LogP contribution in [0.15, 0.2) is 0 Å². The Labute approximate surface area is 60.0 Å². The second-order valence-electron chi connectivity index (χ2n) is 1.66. The molecule has 0 heterocycles. The van der Waals surface area contributed by atoms with Crippen molar-refractivity contribution < 1.29 is 9.53 Å². The molecule has 0 aliphatic carbocycles. The number of amides is 1. The van der Waals surface area contributed by atoms with E-state index in [1.165, 1.54) is 0 Å². The number of hydrogen-bond donors (Lipinski definition) is 1. The summed E-state index contributed by atoms with van der Waals surface area (Å²) in [7, 11) is 1.56. The molecule has 0 saturated heterocycles. The van der Waals surface area contributed by atoms with Crippen LogP contribution in [0.2, 0.25) is 0 Å². The van der Waals surface area contributed by atoms with Crippen LogP contribution in [0.5, 0.6) is 0 Å². The van der Waals surface area contributed by atoms with Crippen molar-refractivity contribution in [3.8, 4) is 0 Å². The van der Waals surface area contributed by atoms with E-state index in [9.17, 15) is 4.79 Å². The number of hydrogen-bond acceptors (Lipinski definition) is 2. The summed E-state index contributed by atoms with van der Waals surface area (Å²) in [6.07, 6.45) is 0. The zero-order valence-corrected chi connectivity index (χ0v) is 5.89. The summed E-state index contributed by atoms with van der Waals surface area (Å²) in [5.41, 5.74) is 0. The van der Waals surface area contributed by atoms with Crippen LogP contribution in [-0.4, -0.2) is 32.7 Å². The Bertz CT molecular complexity index is 139. The summed E-state index contributed by atoms with van der Waals surface area (Å²) in [5, 5.41) is 2.51. The number of nitrogens with zero attached hydrogens (tertiary/aromatic N) is 1. The monoisotopic (exact) mass is 142 g/mol. The molecule has 0 aromatic rings. The highest BCUT2D eigenvalue weighted by Gasteiger charge is 1.99. The molecule has 0 unspecified atom stereocenters.